The maximum Gasteiger partial charge on any atom is 0.231 e. The highest BCUT2D eigenvalue weighted by Gasteiger charge is 2.12. The van der Waals surface area contributed by atoms with E-state index in [9.17, 15) is 0 Å². The van der Waals surface area contributed by atoms with Crippen LogP contribution < -0.4 is 14.8 Å². The van der Waals surface area contributed by atoms with E-state index in [2.05, 4.69) is 5.32 Å². The van der Waals surface area contributed by atoms with Gasteiger partial charge in [0.1, 0.15) is 0 Å². The van der Waals surface area contributed by atoms with Crippen LogP contribution in [0.1, 0.15) is 0 Å². The number of ether oxygens (including phenoxy) is 2. The zero-order chi connectivity index (χ0) is 10.5. The quantitative estimate of drug-likeness (QED) is 0.631. The number of halogens is 1. The second-order valence-corrected chi connectivity index (χ2v) is 3.38. The molecular formula is C11H12ClNO2. The summed E-state index contributed by atoms with van der Waals surface area (Å²) < 4.78 is 10.5. The van der Waals surface area contributed by atoms with E-state index in [4.69, 9.17) is 21.1 Å². The summed E-state index contributed by atoms with van der Waals surface area (Å²) >= 11 is 5.51. The molecule has 15 heavy (non-hydrogen) atoms. The predicted octanol–water partition coefficient (Wildman–Crippen LogP) is 2.62. The minimum Gasteiger partial charge on any atom is -0.454 e. The van der Waals surface area contributed by atoms with Crippen molar-refractivity contribution in [2.45, 2.75) is 0 Å². The van der Waals surface area contributed by atoms with Gasteiger partial charge in [-0.2, -0.15) is 0 Å². The van der Waals surface area contributed by atoms with Crippen LogP contribution in [-0.2, 0) is 0 Å². The molecular weight excluding hydrogens is 214 g/mol. The molecule has 1 aromatic carbocycles. The van der Waals surface area contributed by atoms with Gasteiger partial charge in [-0.3, -0.25) is 0 Å². The third-order valence-corrected chi connectivity index (χ3v) is 2.23. The Morgan fingerprint density at radius 3 is 3.00 bits per heavy atom. The van der Waals surface area contributed by atoms with Crippen LogP contribution in [0.5, 0.6) is 11.5 Å². The Morgan fingerprint density at radius 2 is 2.13 bits per heavy atom. The van der Waals surface area contributed by atoms with Gasteiger partial charge >= 0.3 is 0 Å². The number of alkyl halides is 1. The summed E-state index contributed by atoms with van der Waals surface area (Å²) in [6, 6.07) is 5.79. The fourth-order valence-electron chi connectivity index (χ4n) is 1.33. The Labute approximate surface area is 93.6 Å². The summed E-state index contributed by atoms with van der Waals surface area (Å²) in [6.07, 6.45) is 3.89. The SMILES string of the molecule is ClC/C=C/CNc1ccc2c(c1)OCO2. The Morgan fingerprint density at radius 1 is 1.27 bits per heavy atom. The molecule has 0 unspecified atom stereocenters. The number of benzene rings is 1. The zero-order valence-corrected chi connectivity index (χ0v) is 8.96. The molecule has 0 spiro atoms. The third-order valence-electron chi connectivity index (χ3n) is 2.05. The third kappa shape index (κ3) is 2.57. The number of allylic oxidation sites excluding steroid dienone is 1. The summed E-state index contributed by atoms with van der Waals surface area (Å²) in [7, 11) is 0. The van der Waals surface area contributed by atoms with Crippen molar-refractivity contribution in [2.75, 3.05) is 24.5 Å². The van der Waals surface area contributed by atoms with Gasteiger partial charge in [0.25, 0.3) is 0 Å². The van der Waals surface area contributed by atoms with Crippen LogP contribution >= 0.6 is 11.6 Å². The van der Waals surface area contributed by atoms with Gasteiger partial charge in [0.05, 0.1) is 0 Å². The van der Waals surface area contributed by atoms with Gasteiger partial charge < -0.3 is 14.8 Å². The normalized spacial score (nSPS) is 13.4. The molecule has 0 aliphatic carbocycles. The van der Waals surface area contributed by atoms with E-state index in [1.54, 1.807) is 0 Å². The van der Waals surface area contributed by atoms with Crippen molar-refractivity contribution < 1.29 is 9.47 Å². The molecule has 0 saturated heterocycles. The summed E-state index contributed by atoms with van der Waals surface area (Å²) in [5, 5.41) is 3.23. The second-order valence-electron chi connectivity index (χ2n) is 3.07. The molecule has 0 saturated carbocycles. The van der Waals surface area contributed by atoms with Gasteiger partial charge in [-0.25, -0.2) is 0 Å². The van der Waals surface area contributed by atoms with Crippen molar-refractivity contribution in [3.05, 3.63) is 30.4 Å². The molecule has 1 N–H and O–H groups in total. The number of anilines is 1. The van der Waals surface area contributed by atoms with Gasteiger partial charge in [-0.1, -0.05) is 12.2 Å². The van der Waals surface area contributed by atoms with E-state index >= 15 is 0 Å². The standard InChI is InChI=1S/C11H12ClNO2/c12-5-1-2-6-13-9-3-4-10-11(7-9)15-8-14-10/h1-4,7,13H,5-6,8H2/b2-1+. The van der Waals surface area contributed by atoms with E-state index in [0.29, 0.717) is 12.7 Å². The summed E-state index contributed by atoms with van der Waals surface area (Å²) in [4.78, 5) is 0. The lowest BCUT2D eigenvalue weighted by Crippen LogP contribution is -1.97. The fourth-order valence-corrected chi connectivity index (χ4v) is 1.46. The minimum absolute atomic E-state index is 0.310. The molecule has 1 aliphatic rings. The van der Waals surface area contributed by atoms with Crippen molar-refractivity contribution >= 4 is 17.3 Å². The molecule has 3 nitrogen and oxygen atoms in total. The van der Waals surface area contributed by atoms with Gasteiger partial charge in [0.15, 0.2) is 11.5 Å². The van der Waals surface area contributed by atoms with Crippen molar-refractivity contribution in [2.24, 2.45) is 0 Å². The van der Waals surface area contributed by atoms with Crippen LogP contribution in [0.25, 0.3) is 0 Å². The molecule has 0 atom stereocenters. The molecule has 80 valence electrons. The average molecular weight is 226 g/mol. The monoisotopic (exact) mass is 225 g/mol. The van der Waals surface area contributed by atoms with Crippen LogP contribution in [0.15, 0.2) is 30.4 Å². The van der Waals surface area contributed by atoms with Crippen LogP contribution in [-0.4, -0.2) is 19.2 Å². The maximum absolute atomic E-state index is 5.51. The molecule has 0 fully saturated rings. The molecule has 0 radical (unpaired) electrons. The molecule has 0 amide bonds. The largest absolute Gasteiger partial charge is 0.454 e. The molecule has 1 aromatic rings. The highest BCUT2D eigenvalue weighted by Crippen LogP contribution is 2.34. The Bertz CT molecular complexity index is 366. The number of hydrogen-bond acceptors (Lipinski definition) is 3. The van der Waals surface area contributed by atoms with E-state index < -0.39 is 0 Å². The number of hydrogen-bond donors (Lipinski definition) is 1. The van der Waals surface area contributed by atoms with Crippen molar-refractivity contribution in [1.82, 2.24) is 0 Å². The highest BCUT2D eigenvalue weighted by atomic mass is 35.5. The molecule has 4 heteroatoms. The van der Waals surface area contributed by atoms with Crippen LogP contribution in [0.3, 0.4) is 0 Å². The van der Waals surface area contributed by atoms with Gasteiger partial charge in [0.2, 0.25) is 6.79 Å². The smallest absolute Gasteiger partial charge is 0.231 e. The topological polar surface area (TPSA) is 30.5 Å². The van der Waals surface area contributed by atoms with E-state index in [1.165, 1.54) is 0 Å². The first-order chi connectivity index (χ1) is 7.40. The summed E-state index contributed by atoms with van der Waals surface area (Å²) in [5.74, 6) is 2.14. The lowest BCUT2D eigenvalue weighted by atomic mass is 10.3. The Kier molecular flexibility index (Phi) is 3.35. The number of nitrogens with one attached hydrogen (secondary N) is 1. The first kappa shape index (κ1) is 10.2. The first-order valence-corrected chi connectivity index (χ1v) is 5.28. The lowest BCUT2D eigenvalue weighted by Gasteiger charge is -2.03. The molecule has 1 heterocycles. The minimum atomic E-state index is 0.310. The van der Waals surface area contributed by atoms with Crippen molar-refractivity contribution in [1.29, 1.82) is 0 Å². The average Bonchev–Trinajstić information content (AvgIpc) is 2.71. The van der Waals surface area contributed by atoms with Crippen molar-refractivity contribution in [3.8, 4) is 11.5 Å². The lowest BCUT2D eigenvalue weighted by molar-refractivity contribution is 0.174. The highest BCUT2D eigenvalue weighted by molar-refractivity contribution is 6.18. The maximum atomic E-state index is 5.51. The molecule has 0 bridgehead atoms. The van der Waals surface area contributed by atoms with Gasteiger partial charge in [-0.15, -0.1) is 11.6 Å². The fraction of sp³-hybridized carbons (Fsp3) is 0.273. The van der Waals surface area contributed by atoms with Crippen molar-refractivity contribution in [3.63, 3.8) is 0 Å². The predicted molar refractivity (Wildman–Crippen MR) is 60.9 cm³/mol. The Balaban J connectivity index is 1.95. The Hall–Kier alpha value is -1.35. The van der Waals surface area contributed by atoms with E-state index in [0.717, 1.165) is 23.7 Å². The van der Waals surface area contributed by atoms with Crippen LogP contribution in [0.4, 0.5) is 5.69 Å². The molecule has 1 aliphatic heterocycles. The van der Waals surface area contributed by atoms with Gasteiger partial charge in [0, 0.05) is 24.2 Å². The van der Waals surface area contributed by atoms with Crippen LogP contribution in [0.2, 0.25) is 0 Å². The molecule has 0 aromatic heterocycles. The zero-order valence-electron chi connectivity index (χ0n) is 8.20. The number of rotatable bonds is 4. The first-order valence-electron chi connectivity index (χ1n) is 4.74. The van der Waals surface area contributed by atoms with E-state index in [1.807, 2.05) is 30.4 Å². The van der Waals surface area contributed by atoms with Gasteiger partial charge in [-0.05, 0) is 12.1 Å². The van der Waals surface area contributed by atoms with Crippen LogP contribution in [0, 0.1) is 0 Å². The summed E-state index contributed by atoms with van der Waals surface area (Å²) in [6.45, 7) is 1.07. The second kappa shape index (κ2) is 4.94. The number of fused-ring (bicyclic) bond motifs is 1. The van der Waals surface area contributed by atoms with E-state index in [-0.39, 0.29) is 0 Å². The summed E-state index contributed by atoms with van der Waals surface area (Å²) in [5.41, 5.74) is 1.01. The molecule has 2 rings (SSSR count).